The van der Waals surface area contributed by atoms with Crippen molar-refractivity contribution >= 4 is 11.8 Å². The van der Waals surface area contributed by atoms with Crippen LogP contribution in [0, 0.1) is 0 Å². The molecule has 20 heavy (non-hydrogen) atoms. The van der Waals surface area contributed by atoms with E-state index in [0.29, 0.717) is 5.57 Å². The number of hydrogen-bond donors (Lipinski definition) is 2. The predicted molar refractivity (Wildman–Crippen MR) is 70.6 cm³/mol. The first-order chi connectivity index (χ1) is 9.23. The van der Waals surface area contributed by atoms with Crippen molar-refractivity contribution in [2.75, 3.05) is 13.2 Å². The molecule has 2 amide bonds. The molecule has 0 rings (SSSR count). The molecule has 0 aromatic heterocycles. The zero-order valence-electron chi connectivity index (χ0n) is 11.5. The summed E-state index contributed by atoms with van der Waals surface area (Å²) in [6, 6.07) is 0. The van der Waals surface area contributed by atoms with E-state index in [9.17, 15) is 18.4 Å². The zero-order valence-corrected chi connectivity index (χ0v) is 11.5. The molecule has 112 valence electrons. The first-order valence-electron chi connectivity index (χ1n) is 5.81. The molecule has 0 heterocycles. The number of primary amides is 1. The molecule has 0 aliphatic heterocycles. The van der Waals surface area contributed by atoms with Gasteiger partial charge in [0.05, 0.1) is 19.6 Å². The second-order valence-electron chi connectivity index (χ2n) is 4.04. The van der Waals surface area contributed by atoms with Crippen molar-refractivity contribution in [3.05, 3.63) is 35.6 Å². The molecule has 0 aromatic carbocycles. The first kappa shape index (κ1) is 17.8. The molecule has 0 bridgehead atoms. The second-order valence-corrected chi connectivity index (χ2v) is 4.04. The standard InChI is InChI=1S/C13H18F2N2O3/c1-8(2)6-10(15)13(9(3)14)20-5-4-12(19)17-7-11(16)18/h6H,1,4-5,7H2,2-3H3,(H2,16,18)(H,17,19)/b10-6+,13-9-. The molecule has 0 aliphatic rings. The molecular formula is C13H18F2N2O3. The summed E-state index contributed by atoms with van der Waals surface area (Å²) in [6.07, 6.45) is 0.857. The molecule has 0 aliphatic carbocycles. The monoisotopic (exact) mass is 288 g/mol. The smallest absolute Gasteiger partial charge is 0.236 e. The highest BCUT2D eigenvalue weighted by Gasteiger charge is 2.12. The fourth-order valence-corrected chi connectivity index (χ4v) is 1.13. The van der Waals surface area contributed by atoms with Crippen molar-refractivity contribution < 1.29 is 23.1 Å². The first-order valence-corrected chi connectivity index (χ1v) is 5.81. The van der Waals surface area contributed by atoms with Crippen molar-refractivity contribution in [2.24, 2.45) is 5.73 Å². The molecule has 0 atom stereocenters. The lowest BCUT2D eigenvalue weighted by molar-refractivity contribution is -0.125. The van der Waals surface area contributed by atoms with Gasteiger partial charge in [0.15, 0.2) is 11.6 Å². The van der Waals surface area contributed by atoms with E-state index in [1.165, 1.54) is 0 Å². The molecule has 0 saturated carbocycles. The van der Waals surface area contributed by atoms with Crippen molar-refractivity contribution in [1.82, 2.24) is 5.32 Å². The van der Waals surface area contributed by atoms with Gasteiger partial charge in [-0.25, -0.2) is 8.78 Å². The lowest BCUT2D eigenvalue weighted by Crippen LogP contribution is -2.33. The summed E-state index contributed by atoms with van der Waals surface area (Å²) < 4.78 is 31.6. The van der Waals surface area contributed by atoms with Crippen molar-refractivity contribution in [3.8, 4) is 0 Å². The highest BCUT2D eigenvalue weighted by molar-refractivity contribution is 5.83. The van der Waals surface area contributed by atoms with Gasteiger partial charge in [0.1, 0.15) is 5.83 Å². The SMILES string of the molecule is C=C(C)/C=C(F)\C(OCCC(=O)NCC(N)=O)=C(/C)F. The highest BCUT2D eigenvalue weighted by atomic mass is 19.1. The summed E-state index contributed by atoms with van der Waals surface area (Å²) in [4.78, 5) is 21.6. The molecule has 0 fully saturated rings. The predicted octanol–water partition coefficient (Wildman–Crippen LogP) is 1.63. The molecule has 0 spiro atoms. The molecule has 0 aromatic rings. The lowest BCUT2D eigenvalue weighted by atomic mass is 10.2. The van der Waals surface area contributed by atoms with Gasteiger partial charge in [-0.3, -0.25) is 9.59 Å². The van der Waals surface area contributed by atoms with Crippen LogP contribution in [0.4, 0.5) is 8.78 Å². The van der Waals surface area contributed by atoms with Gasteiger partial charge in [0, 0.05) is 0 Å². The number of nitrogens with one attached hydrogen (secondary N) is 1. The van der Waals surface area contributed by atoms with Gasteiger partial charge in [0.25, 0.3) is 0 Å². The maximum Gasteiger partial charge on any atom is 0.236 e. The van der Waals surface area contributed by atoms with E-state index in [-0.39, 0.29) is 19.6 Å². The van der Waals surface area contributed by atoms with E-state index >= 15 is 0 Å². The average molecular weight is 288 g/mol. The number of halogens is 2. The Hall–Kier alpha value is -2.18. The zero-order chi connectivity index (χ0) is 15.7. The quantitative estimate of drug-likeness (QED) is 0.526. The van der Waals surface area contributed by atoms with Gasteiger partial charge in [-0.2, -0.15) is 0 Å². The number of allylic oxidation sites excluding steroid dienone is 4. The van der Waals surface area contributed by atoms with Crippen LogP contribution < -0.4 is 11.1 Å². The Morgan fingerprint density at radius 2 is 1.95 bits per heavy atom. The van der Waals surface area contributed by atoms with Crippen LogP contribution in [0.2, 0.25) is 0 Å². The van der Waals surface area contributed by atoms with E-state index in [0.717, 1.165) is 13.0 Å². The minimum Gasteiger partial charge on any atom is -0.487 e. The van der Waals surface area contributed by atoms with Crippen LogP contribution >= 0.6 is 0 Å². The molecule has 7 heteroatoms. The summed E-state index contributed by atoms with van der Waals surface area (Å²) in [6.45, 7) is 5.51. The summed E-state index contributed by atoms with van der Waals surface area (Å²) in [7, 11) is 0. The van der Waals surface area contributed by atoms with Gasteiger partial charge < -0.3 is 15.8 Å². The van der Waals surface area contributed by atoms with Crippen LogP contribution in [0.5, 0.6) is 0 Å². The molecule has 5 nitrogen and oxygen atoms in total. The number of rotatable bonds is 8. The largest absolute Gasteiger partial charge is 0.487 e. The van der Waals surface area contributed by atoms with Crippen LogP contribution in [0.1, 0.15) is 20.3 Å². The second kappa shape index (κ2) is 8.84. The van der Waals surface area contributed by atoms with Crippen LogP contribution in [-0.2, 0) is 14.3 Å². The number of hydrogen-bond acceptors (Lipinski definition) is 3. The van der Waals surface area contributed by atoms with Gasteiger partial charge in [0.2, 0.25) is 11.8 Å². The molecule has 0 unspecified atom stereocenters. The van der Waals surface area contributed by atoms with Crippen molar-refractivity contribution in [3.63, 3.8) is 0 Å². The number of carbonyl (C=O) groups is 2. The third-order valence-corrected chi connectivity index (χ3v) is 1.94. The lowest BCUT2D eigenvalue weighted by Gasteiger charge is -2.09. The van der Waals surface area contributed by atoms with Crippen LogP contribution in [-0.4, -0.2) is 25.0 Å². The van der Waals surface area contributed by atoms with E-state index in [2.05, 4.69) is 11.9 Å². The molecule has 0 saturated heterocycles. The number of ether oxygens (including phenoxy) is 1. The fourth-order valence-electron chi connectivity index (χ4n) is 1.13. The summed E-state index contributed by atoms with van der Waals surface area (Å²) >= 11 is 0. The van der Waals surface area contributed by atoms with E-state index in [1.807, 2.05) is 0 Å². The van der Waals surface area contributed by atoms with Crippen LogP contribution in [0.25, 0.3) is 0 Å². The third-order valence-electron chi connectivity index (χ3n) is 1.94. The highest BCUT2D eigenvalue weighted by Crippen LogP contribution is 2.20. The Morgan fingerprint density at radius 1 is 1.35 bits per heavy atom. The number of nitrogens with two attached hydrogens (primary N) is 1. The summed E-state index contributed by atoms with van der Waals surface area (Å²) in [5.74, 6) is -3.53. The summed E-state index contributed by atoms with van der Waals surface area (Å²) in [5, 5.41) is 2.22. The van der Waals surface area contributed by atoms with E-state index in [4.69, 9.17) is 10.5 Å². The third kappa shape index (κ3) is 8.02. The molecular weight excluding hydrogens is 270 g/mol. The Morgan fingerprint density at radius 3 is 2.40 bits per heavy atom. The van der Waals surface area contributed by atoms with Crippen molar-refractivity contribution in [2.45, 2.75) is 20.3 Å². The van der Waals surface area contributed by atoms with E-state index < -0.39 is 29.2 Å². The Kier molecular flexibility index (Phi) is 7.88. The average Bonchev–Trinajstić information content (AvgIpc) is 2.30. The Bertz CT molecular complexity index is 453. The topological polar surface area (TPSA) is 81.4 Å². The normalized spacial score (nSPS) is 12.5. The van der Waals surface area contributed by atoms with Gasteiger partial charge >= 0.3 is 0 Å². The molecule has 0 radical (unpaired) electrons. The molecule has 3 N–H and O–H groups in total. The Labute approximate surface area is 116 Å². The van der Waals surface area contributed by atoms with E-state index in [1.54, 1.807) is 6.92 Å². The van der Waals surface area contributed by atoms with Crippen molar-refractivity contribution in [1.29, 1.82) is 0 Å². The van der Waals surface area contributed by atoms with Gasteiger partial charge in [-0.15, -0.1) is 0 Å². The number of amides is 2. The fraction of sp³-hybridized carbons (Fsp3) is 0.385. The maximum absolute atomic E-state index is 13.6. The minimum atomic E-state index is -0.907. The summed E-state index contributed by atoms with van der Waals surface area (Å²) in [5.41, 5.74) is 5.23. The maximum atomic E-state index is 13.6. The van der Waals surface area contributed by atoms with Gasteiger partial charge in [-0.05, 0) is 19.9 Å². The van der Waals surface area contributed by atoms with Crippen LogP contribution in [0.3, 0.4) is 0 Å². The van der Waals surface area contributed by atoms with Gasteiger partial charge in [-0.1, -0.05) is 12.2 Å². The van der Waals surface area contributed by atoms with Crippen LogP contribution in [0.15, 0.2) is 35.6 Å². The minimum absolute atomic E-state index is 0.162. The Balaban J connectivity index is 4.39. The number of carbonyl (C=O) groups excluding carboxylic acids is 2.